The van der Waals surface area contributed by atoms with Gasteiger partial charge in [0.05, 0.1) is 6.10 Å². The summed E-state index contributed by atoms with van der Waals surface area (Å²) in [6.07, 6.45) is 2.26. The molecule has 0 aliphatic heterocycles. The van der Waals surface area contributed by atoms with Crippen molar-refractivity contribution in [1.29, 1.82) is 0 Å². The van der Waals surface area contributed by atoms with Crippen LogP contribution in [0.4, 0.5) is 5.69 Å². The van der Waals surface area contributed by atoms with Crippen molar-refractivity contribution in [2.75, 3.05) is 11.9 Å². The fraction of sp³-hybridized carbons (Fsp3) is 0.273. The van der Waals surface area contributed by atoms with Gasteiger partial charge >= 0.3 is 0 Å². The molecular formula is C22H25NO. The molecule has 24 heavy (non-hydrogen) atoms. The van der Waals surface area contributed by atoms with Crippen LogP contribution in [0.1, 0.15) is 25.8 Å². The molecule has 2 heteroatoms. The Bertz CT molecular complexity index is 791. The molecule has 0 saturated carbocycles. The third kappa shape index (κ3) is 4.08. The Labute approximate surface area is 144 Å². The molecular weight excluding hydrogens is 294 g/mol. The van der Waals surface area contributed by atoms with Gasteiger partial charge in [-0.15, -0.1) is 0 Å². The van der Waals surface area contributed by atoms with Crippen molar-refractivity contribution in [2.45, 2.75) is 32.8 Å². The second-order valence-corrected chi connectivity index (χ2v) is 6.18. The van der Waals surface area contributed by atoms with Gasteiger partial charge in [-0.25, -0.2) is 0 Å². The number of fused-ring (bicyclic) bond motifs is 1. The Balaban J connectivity index is 1.63. The molecule has 0 aliphatic carbocycles. The molecule has 0 fully saturated rings. The van der Waals surface area contributed by atoms with E-state index >= 15 is 0 Å². The summed E-state index contributed by atoms with van der Waals surface area (Å²) in [6.45, 7) is 5.14. The van der Waals surface area contributed by atoms with Crippen molar-refractivity contribution in [3.63, 3.8) is 0 Å². The van der Waals surface area contributed by atoms with E-state index in [-0.39, 0.29) is 6.10 Å². The van der Waals surface area contributed by atoms with Gasteiger partial charge in [-0.2, -0.15) is 0 Å². The molecule has 0 bridgehead atoms. The van der Waals surface area contributed by atoms with Gasteiger partial charge in [0.25, 0.3) is 0 Å². The lowest BCUT2D eigenvalue weighted by molar-refractivity contribution is 0.217. The first-order valence-electron chi connectivity index (χ1n) is 8.73. The lowest BCUT2D eigenvalue weighted by Crippen LogP contribution is -2.10. The molecule has 1 unspecified atom stereocenters. The van der Waals surface area contributed by atoms with Gasteiger partial charge in [-0.05, 0) is 48.2 Å². The van der Waals surface area contributed by atoms with E-state index in [0.29, 0.717) is 0 Å². The summed E-state index contributed by atoms with van der Waals surface area (Å²) < 4.78 is 5.89. The number of anilines is 1. The van der Waals surface area contributed by atoms with E-state index in [1.807, 2.05) is 12.1 Å². The quantitative estimate of drug-likeness (QED) is 0.605. The van der Waals surface area contributed by atoms with Crippen LogP contribution < -0.4 is 10.1 Å². The maximum absolute atomic E-state index is 5.89. The van der Waals surface area contributed by atoms with Crippen molar-refractivity contribution in [2.24, 2.45) is 0 Å². The first kappa shape index (κ1) is 16.4. The van der Waals surface area contributed by atoms with Crippen LogP contribution in [0, 0.1) is 0 Å². The Morgan fingerprint density at radius 3 is 2.62 bits per heavy atom. The minimum absolute atomic E-state index is 0.246. The summed E-state index contributed by atoms with van der Waals surface area (Å²) in [5.41, 5.74) is 2.49. The van der Waals surface area contributed by atoms with Crippen molar-refractivity contribution in [3.8, 4) is 5.75 Å². The molecule has 2 nitrogen and oxygen atoms in total. The van der Waals surface area contributed by atoms with Gasteiger partial charge < -0.3 is 10.1 Å². The molecule has 0 amide bonds. The van der Waals surface area contributed by atoms with Crippen LogP contribution in [0.15, 0.2) is 66.7 Å². The molecule has 0 saturated heterocycles. The molecule has 124 valence electrons. The average Bonchev–Trinajstić information content (AvgIpc) is 2.62. The Morgan fingerprint density at radius 1 is 0.958 bits per heavy atom. The fourth-order valence-corrected chi connectivity index (χ4v) is 2.85. The van der Waals surface area contributed by atoms with E-state index in [2.05, 4.69) is 73.8 Å². The number of ether oxygens (including phenoxy) is 1. The minimum Gasteiger partial charge on any atom is -0.491 e. The first-order valence-corrected chi connectivity index (χ1v) is 8.73. The lowest BCUT2D eigenvalue weighted by atomic mass is 10.0. The molecule has 0 aromatic heterocycles. The molecule has 3 rings (SSSR count). The van der Waals surface area contributed by atoms with Crippen LogP contribution in [0.3, 0.4) is 0 Å². The van der Waals surface area contributed by atoms with Crippen LogP contribution in [0.5, 0.6) is 5.75 Å². The van der Waals surface area contributed by atoms with Gasteiger partial charge in [0.15, 0.2) is 0 Å². The summed E-state index contributed by atoms with van der Waals surface area (Å²) in [5.74, 6) is 0.930. The van der Waals surface area contributed by atoms with Crippen molar-refractivity contribution >= 4 is 16.5 Å². The molecule has 0 spiro atoms. The van der Waals surface area contributed by atoms with Crippen LogP contribution in [0.2, 0.25) is 0 Å². The highest BCUT2D eigenvalue weighted by Gasteiger charge is 2.03. The number of hydrogen-bond acceptors (Lipinski definition) is 2. The largest absolute Gasteiger partial charge is 0.491 e. The van der Waals surface area contributed by atoms with Crippen LogP contribution in [-0.4, -0.2) is 12.6 Å². The van der Waals surface area contributed by atoms with Gasteiger partial charge in [-0.1, -0.05) is 55.5 Å². The van der Waals surface area contributed by atoms with E-state index in [0.717, 1.165) is 30.8 Å². The molecule has 1 N–H and O–H groups in total. The average molecular weight is 319 g/mol. The second-order valence-electron chi connectivity index (χ2n) is 6.18. The summed E-state index contributed by atoms with van der Waals surface area (Å²) >= 11 is 0. The van der Waals surface area contributed by atoms with Gasteiger partial charge in [0.1, 0.15) is 5.75 Å². The van der Waals surface area contributed by atoms with Gasteiger partial charge in [0.2, 0.25) is 0 Å². The maximum Gasteiger partial charge on any atom is 0.121 e. The van der Waals surface area contributed by atoms with E-state index in [9.17, 15) is 0 Å². The van der Waals surface area contributed by atoms with Gasteiger partial charge in [-0.3, -0.25) is 0 Å². The molecule has 1 atom stereocenters. The van der Waals surface area contributed by atoms with E-state index in [1.165, 1.54) is 16.3 Å². The normalized spacial score (nSPS) is 12.1. The monoisotopic (exact) mass is 319 g/mol. The summed E-state index contributed by atoms with van der Waals surface area (Å²) in [4.78, 5) is 0. The van der Waals surface area contributed by atoms with Gasteiger partial charge in [0, 0.05) is 18.3 Å². The summed E-state index contributed by atoms with van der Waals surface area (Å²) in [5, 5.41) is 6.16. The number of benzene rings is 3. The zero-order valence-corrected chi connectivity index (χ0v) is 14.5. The minimum atomic E-state index is 0.246. The van der Waals surface area contributed by atoms with Crippen molar-refractivity contribution in [1.82, 2.24) is 0 Å². The number of hydrogen-bond donors (Lipinski definition) is 1. The molecule has 3 aromatic rings. The Kier molecular flexibility index (Phi) is 5.37. The van der Waals surface area contributed by atoms with E-state index < -0.39 is 0 Å². The van der Waals surface area contributed by atoms with Crippen molar-refractivity contribution in [3.05, 3.63) is 72.3 Å². The predicted molar refractivity (Wildman–Crippen MR) is 103 cm³/mol. The standard InChI is InChI=1S/C22H25NO/c1-3-17(2)24-21-12-7-11-20(16-21)23-15-14-19-10-6-9-18-8-4-5-13-22(18)19/h4-13,16-17,23H,3,14-15H2,1-2H3. The number of nitrogens with one attached hydrogen (secondary N) is 1. The van der Waals surface area contributed by atoms with Crippen LogP contribution in [0.25, 0.3) is 10.8 Å². The van der Waals surface area contributed by atoms with Crippen LogP contribution in [-0.2, 0) is 6.42 Å². The third-order valence-electron chi connectivity index (χ3n) is 4.35. The topological polar surface area (TPSA) is 21.3 Å². The SMILES string of the molecule is CCC(C)Oc1cccc(NCCc2cccc3ccccc23)c1. The predicted octanol–water partition coefficient (Wildman–Crippen LogP) is 5.67. The van der Waals surface area contributed by atoms with Crippen LogP contribution >= 0.6 is 0 Å². The van der Waals surface area contributed by atoms with Crippen molar-refractivity contribution < 1.29 is 4.74 Å². The maximum atomic E-state index is 5.89. The smallest absolute Gasteiger partial charge is 0.121 e. The Hall–Kier alpha value is -2.48. The second kappa shape index (κ2) is 7.87. The Morgan fingerprint density at radius 2 is 1.75 bits per heavy atom. The lowest BCUT2D eigenvalue weighted by Gasteiger charge is -2.14. The highest BCUT2D eigenvalue weighted by atomic mass is 16.5. The zero-order valence-electron chi connectivity index (χ0n) is 14.5. The molecule has 0 radical (unpaired) electrons. The number of rotatable bonds is 7. The highest BCUT2D eigenvalue weighted by molar-refractivity contribution is 5.85. The molecule has 0 aliphatic rings. The fourth-order valence-electron chi connectivity index (χ4n) is 2.85. The zero-order chi connectivity index (χ0) is 16.8. The molecule has 3 aromatic carbocycles. The van der Waals surface area contributed by atoms with E-state index in [1.54, 1.807) is 0 Å². The van der Waals surface area contributed by atoms with E-state index in [4.69, 9.17) is 4.74 Å². The third-order valence-corrected chi connectivity index (χ3v) is 4.35. The summed E-state index contributed by atoms with van der Waals surface area (Å²) in [7, 11) is 0. The first-order chi connectivity index (χ1) is 11.8. The summed E-state index contributed by atoms with van der Waals surface area (Å²) in [6, 6.07) is 23.3. The highest BCUT2D eigenvalue weighted by Crippen LogP contribution is 2.21. The molecule has 0 heterocycles.